The highest BCUT2D eigenvalue weighted by Gasteiger charge is 1.97. The van der Waals surface area contributed by atoms with E-state index in [9.17, 15) is 0 Å². The van der Waals surface area contributed by atoms with E-state index in [0.717, 1.165) is 0 Å². The minimum atomic E-state index is 0.284. The molecule has 8 heavy (non-hydrogen) atoms. The van der Waals surface area contributed by atoms with Crippen LogP contribution in [-0.4, -0.2) is 12.7 Å². The van der Waals surface area contributed by atoms with E-state index in [1.54, 1.807) is 6.92 Å². The second-order valence-corrected chi connectivity index (χ2v) is 1.00. The molecule has 0 amide bonds. The quantitative estimate of drug-likeness (QED) is 0.479. The van der Waals surface area contributed by atoms with Gasteiger partial charge in [-0.15, -0.1) is 0 Å². The summed E-state index contributed by atoms with van der Waals surface area (Å²) in [6.07, 6.45) is 0. The van der Waals surface area contributed by atoms with Gasteiger partial charge in [-0.3, -0.25) is 0 Å². The van der Waals surface area contributed by atoms with Gasteiger partial charge >= 0.3 is 0 Å². The maximum Gasteiger partial charge on any atom is 0.257 e. The Morgan fingerprint density at radius 3 is 2.25 bits per heavy atom. The number of nitrogens with zero attached hydrogens (tertiary/aromatic N) is 1. The summed E-state index contributed by atoms with van der Waals surface area (Å²) in [5.41, 5.74) is 0. The van der Waals surface area contributed by atoms with Crippen molar-refractivity contribution < 1.29 is 9.57 Å². The average Bonchev–Trinajstić information content (AvgIpc) is 2.24. The van der Waals surface area contributed by atoms with Crippen LogP contribution in [-0.2, 0) is 9.57 Å². The molecule has 0 spiro atoms. The maximum absolute atomic E-state index is 4.68. The van der Waals surface area contributed by atoms with Gasteiger partial charge in [-0.25, -0.2) is 0 Å². The second-order valence-electron chi connectivity index (χ2n) is 1.00. The molecule has 0 atom stereocenters. The first kappa shape index (κ1) is 7.27. The zero-order valence-electron chi connectivity index (χ0n) is 5.47. The molecule has 3 heteroatoms. The molecule has 3 nitrogen and oxygen atoms in total. The fourth-order valence-electron chi connectivity index (χ4n) is 0.255. The lowest BCUT2D eigenvalue weighted by Crippen LogP contribution is -1.88. The van der Waals surface area contributed by atoms with E-state index in [2.05, 4.69) is 14.7 Å². The van der Waals surface area contributed by atoms with Crippen LogP contribution in [0.4, 0.5) is 0 Å². The molecule has 0 fully saturated rings. The van der Waals surface area contributed by atoms with Gasteiger partial charge in [0.25, 0.3) is 6.79 Å². The summed E-state index contributed by atoms with van der Waals surface area (Å²) >= 11 is 0. The predicted molar refractivity (Wildman–Crippen MR) is 31.5 cm³/mol. The largest absolute Gasteiger partial charge is 0.439 e. The van der Waals surface area contributed by atoms with Crippen molar-refractivity contribution in [3.63, 3.8) is 0 Å². The Labute approximate surface area is 49.3 Å². The monoisotopic (exact) mass is 117 g/mol. The van der Waals surface area contributed by atoms with Crippen LogP contribution < -0.4 is 0 Å². The number of hydrogen-bond acceptors (Lipinski definition) is 3. The summed E-state index contributed by atoms with van der Waals surface area (Å²) in [5, 5.41) is 3.43. The van der Waals surface area contributed by atoms with Gasteiger partial charge in [0.2, 0.25) is 5.90 Å². The van der Waals surface area contributed by atoms with Crippen molar-refractivity contribution in [2.24, 2.45) is 5.16 Å². The third-order valence-corrected chi connectivity index (χ3v) is 0.514. The fraction of sp³-hybridized carbons (Fsp3) is 0.800. The normalized spacial score (nSPS) is 14.6. The van der Waals surface area contributed by atoms with Crippen molar-refractivity contribution in [2.45, 2.75) is 20.8 Å². The molecule has 0 aromatic carbocycles. The first-order valence-electron chi connectivity index (χ1n) is 2.69. The maximum atomic E-state index is 4.68. The van der Waals surface area contributed by atoms with Crippen molar-refractivity contribution in [1.29, 1.82) is 0 Å². The van der Waals surface area contributed by atoms with E-state index in [-0.39, 0.29) is 6.79 Å². The van der Waals surface area contributed by atoms with Crippen LogP contribution in [0.15, 0.2) is 5.16 Å². The molecule has 0 unspecified atom stereocenters. The zero-order chi connectivity index (χ0) is 6.41. The summed E-state index contributed by atoms with van der Waals surface area (Å²) in [4.78, 5) is 4.42. The Bertz CT molecular complexity index is 80.5. The predicted octanol–water partition coefficient (Wildman–Crippen LogP) is 1.35. The Hall–Kier alpha value is -0.730. The number of hydrogen-bond donors (Lipinski definition) is 0. The molecule has 1 rings (SSSR count). The van der Waals surface area contributed by atoms with Gasteiger partial charge in [0.05, 0.1) is 0 Å². The van der Waals surface area contributed by atoms with E-state index >= 15 is 0 Å². The highest BCUT2D eigenvalue weighted by molar-refractivity contribution is 5.72. The highest BCUT2D eigenvalue weighted by atomic mass is 16.8. The smallest absolute Gasteiger partial charge is 0.257 e. The molecule has 1 heterocycles. The first-order chi connectivity index (χ1) is 3.89. The van der Waals surface area contributed by atoms with E-state index in [0.29, 0.717) is 5.90 Å². The molecule has 0 radical (unpaired) electrons. The lowest BCUT2D eigenvalue weighted by Gasteiger charge is -1.82. The van der Waals surface area contributed by atoms with E-state index in [1.165, 1.54) is 0 Å². The van der Waals surface area contributed by atoms with Crippen molar-refractivity contribution in [1.82, 2.24) is 0 Å². The number of oxime groups is 1. The molecule has 0 saturated heterocycles. The van der Waals surface area contributed by atoms with Gasteiger partial charge in [0.1, 0.15) is 0 Å². The third-order valence-electron chi connectivity index (χ3n) is 0.514. The van der Waals surface area contributed by atoms with Crippen LogP contribution in [0.1, 0.15) is 20.8 Å². The SMILES string of the molecule is CC.CC1=NOCO1. The highest BCUT2D eigenvalue weighted by Crippen LogP contribution is 1.91. The van der Waals surface area contributed by atoms with E-state index in [4.69, 9.17) is 0 Å². The molecule has 1 aliphatic heterocycles. The molecular weight excluding hydrogens is 106 g/mol. The second kappa shape index (κ2) is 4.43. The summed E-state index contributed by atoms with van der Waals surface area (Å²) in [7, 11) is 0. The van der Waals surface area contributed by atoms with E-state index in [1.807, 2.05) is 13.8 Å². The van der Waals surface area contributed by atoms with Crippen LogP contribution in [0.2, 0.25) is 0 Å². The van der Waals surface area contributed by atoms with Gasteiger partial charge in [0.15, 0.2) is 0 Å². The summed E-state index contributed by atoms with van der Waals surface area (Å²) in [6.45, 7) is 6.03. The first-order valence-corrected chi connectivity index (χ1v) is 2.69. The number of ether oxygens (including phenoxy) is 1. The molecule has 0 saturated carbocycles. The lowest BCUT2D eigenvalue weighted by molar-refractivity contribution is 0.0580. The van der Waals surface area contributed by atoms with Crippen LogP contribution in [0.5, 0.6) is 0 Å². The van der Waals surface area contributed by atoms with Gasteiger partial charge in [0, 0.05) is 6.92 Å². The van der Waals surface area contributed by atoms with Crippen LogP contribution in [0.25, 0.3) is 0 Å². The molecule has 48 valence electrons. The van der Waals surface area contributed by atoms with Crippen molar-refractivity contribution in [2.75, 3.05) is 6.79 Å². The molecule has 0 aromatic rings. The zero-order valence-corrected chi connectivity index (χ0v) is 5.47. The van der Waals surface area contributed by atoms with Crippen molar-refractivity contribution in [3.8, 4) is 0 Å². The van der Waals surface area contributed by atoms with Gasteiger partial charge in [-0.05, 0) is 5.16 Å². The van der Waals surface area contributed by atoms with Crippen LogP contribution >= 0.6 is 0 Å². The summed E-state index contributed by atoms with van der Waals surface area (Å²) in [6, 6.07) is 0. The Morgan fingerprint density at radius 1 is 1.50 bits per heavy atom. The molecule has 0 bridgehead atoms. The van der Waals surface area contributed by atoms with E-state index < -0.39 is 0 Å². The molecular formula is C5H11NO2. The van der Waals surface area contributed by atoms with Crippen molar-refractivity contribution >= 4 is 5.90 Å². The average molecular weight is 117 g/mol. The van der Waals surface area contributed by atoms with Crippen LogP contribution in [0, 0.1) is 0 Å². The molecule has 0 aromatic heterocycles. The fourth-order valence-corrected chi connectivity index (χ4v) is 0.255. The Kier molecular flexibility index (Phi) is 4.03. The standard InChI is InChI=1S/C3H5NO2.C2H6/c1-3-4-6-2-5-3;1-2/h2H2,1H3;1-2H3. The molecule has 0 N–H and O–H groups in total. The topological polar surface area (TPSA) is 30.8 Å². The number of rotatable bonds is 0. The van der Waals surface area contributed by atoms with Crippen molar-refractivity contribution in [3.05, 3.63) is 0 Å². The summed E-state index contributed by atoms with van der Waals surface area (Å²) in [5.74, 6) is 0.606. The lowest BCUT2D eigenvalue weighted by atomic mass is 10.8. The molecule has 0 aliphatic carbocycles. The Balaban J connectivity index is 0.000000222. The Morgan fingerprint density at radius 2 is 2.12 bits per heavy atom. The van der Waals surface area contributed by atoms with Gasteiger partial charge in [-0.2, -0.15) is 0 Å². The minimum Gasteiger partial charge on any atom is -0.439 e. The van der Waals surface area contributed by atoms with Crippen LogP contribution in [0.3, 0.4) is 0 Å². The minimum absolute atomic E-state index is 0.284. The third kappa shape index (κ3) is 2.44. The van der Waals surface area contributed by atoms with Gasteiger partial charge < -0.3 is 9.57 Å². The van der Waals surface area contributed by atoms with Gasteiger partial charge in [-0.1, -0.05) is 13.8 Å². The summed E-state index contributed by atoms with van der Waals surface area (Å²) < 4.78 is 4.68. The molecule has 1 aliphatic rings.